The lowest BCUT2D eigenvalue weighted by Gasteiger charge is -2.17. The van der Waals surface area contributed by atoms with Crippen LogP contribution >= 0.6 is 11.6 Å². The molecule has 0 unspecified atom stereocenters. The molecular weight excluding hydrogens is 282 g/mol. The number of hydrogen-bond acceptors (Lipinski definition) is 3. The summed E-state index contributed by atoms with van der Waals surface area (Å²) < 4.78 is 1.00. The van der Waals surface area contributed by atoms with Crippen molar-refractivity contribution in [2.45, 2.75) is 19.2 Å². The second kappa shape index (κ2) is 5.92. The number of rotatable bonds is 4. The van der Waals surface area contributed by atoms with Crippen LogP contribution in [0.15, 0.2) is 24.3 Å². The molecule has 0 aliphatic carbocycles. The lowest BCUT2D eigenvalue weighted by Crippen LogP contribution is -2.37. The third-order valence-corrected chi connectivity index (χ3v) is 3.17. The highest BCUT2D eigenvalue weighted by Gasteiger charge is 2.28. The van der Waals surface area contributed by atoms with Crippen LogP contribution in [0.1, 0.15) is 29.5 Å². The standard InChI is InChI=1S/C13H14ClN3O3/c1-2-7-15-13(18)12-11(8-14)16(19)9-5-3-4-6-10(9)17(12)20/h3-6H,2,7-8H2,1H3,(H,15,18). The van der Waals surface area contributed by atoms with Gasteiger partial charge in [-0.15, -0.1) is 11.6 Å². The molecule has 6 nitrogen and oxygen atoms in total. The van der Waals surface area contributed by atoms with Crippen LogP contribution in [0.3, 0.4) is 0 Å². The normalized spacial score (nSPS) is 10.7. The Labute approximate surface area is 120 Å². The summed E-state index contributed by atoms with van der Waals surface area (Å²) in [4.78, 5) is 24.4. The van der Waals surface area contributed by atoms with E-state index in [0.29, 0.717) is 15.7 Å². The van der Waals surface area contributed by atoms with Gasteiger partial charge < -0.3 is 15.3 Å². The maximum Gasteiger partial charge on any atom is 0.347 e. The summed E-state index contributed by atoms with van der Waals surface area (Å²) in [5.74, 6) is -0.807. The maximum absolute atomic E-state index is 12.3. The van der Waals surface area contributed by atoms with Crippen LogP contribution < -0.4 is 9.74 Å². The van der Waals surface area contributed by atoms with Gasteiger partial charge in [-0.05, 0) is 12.5 Å². The fraction of sp³-hybridized carbons (Fsp3) is 0.308. The Morgan fingerprint density at radius 1 is 1.45 bits per heavy atom. The number of para-hydroxylation sites is 2. The summed E-state index contributed by atoms with van der Waals surface area (Å²) in [6.45, 7) is 2.31. The Morgan fingerprint density at radius 2 is 2.15 bits per heavy atom. The van der Waals surface area contributed by atoms with Crippen molar-refractivity contribution >= 4 is 28.5 Å². The molecule has 0 saturated heterocycles. The first-order chi connectivity index (χ1) is 9.61. The van der Waals surface area contributed by atoms with Gasteiger partial charge in [-0.2, -0.15) is 0 Å². The number of fused-ring (bicyclic) bond motifs is 1. The Morgan fingerprint density at radius 3 is 2.80 bits per heavy atom. The van der Waals surface area contributed by atoms with Crippen LogP contribution in [-0.4, -0.2) is 17.2 Å². The number of benzene rings is 1. The minimum absolute atomic E-state index is 0.0473. The molecule has 1 heterocycles. The second-order valence-electron chi connectivity index (χ2n) is 4.26. The van der Waals surface area contributed by atoms with E-state index in [4.69, 9.17) is 11.6 Å². The van der Waals surface area contributed by atoms with E-state index in [1.165, 1.54) is 12.1 Å². The molecule has 1 amide bonds. The van der Waals surface area contributed by atoms with Crippen molar-refractivity contribution in [3.05, 3.63) is 45.8 Å². The molecule has 0 bridgehead atoms. The quantitative estimate of drug-likeness (QED) is 0.689. The van der Waals surface area contributed by atoms with E-state index in [1.807, 2.05) is 6.92 Å². The number of carbonyl (C=O) groups excluding carboxylic acids is 1. The van der Waals surface area contributed by atoms with Gasteiger partial charge in [0.05, 0.1) is 10.3 Å². The number of alkyl halides is 1. The molecule has 0 radical (unpaired) electrons. The van der Waals surface area contributed by atoms with E-state index >= 15 is 0 Å². The number of nitrogens with one attached hydrogen (secondary N) is 1. The van der Waals surface area contributed by atoms with Gasteiger partial charge in [0.2, 0.25) is 0 Å². The van der Waals surface area contributed by atoms with Crippen LogP contribution in [0, 0.1) is 10.1 Å². The van der Waals surface area contributed by atoms with Gasteiger partial charge in [0.25, 0.3) is 5.52 Å². The summed E-state index contributed by atoms with van der Waals surface area (Å²) in [5, 5.41) is 14.8. The van der Waals surface area contributed by atoms with E-state index < -0.39 is 5.91 Å². The first-order valence-electron chi connectivity index (χ1n) is 6.22. The average molecular weight is 296 g/mol. The Kier molecular flexibility index (Phi) is 4.24. The lowest BCUT2D eigenvalue weighted by molar-refractivity contribution is -0.468. The molecule has 0 atom stereocenters. The monoisotopic (exact) mass is 295 g/mol. The molecule has 0 saturated carbocycles. The van der Waals surface area contributed by atoms with Gasteiger partial charge in [0.15, 0.2) is 0 Å². The van der Waals surface area contributed by atoms with Crippen molar-refractivity contribution in [2.75, 3.05) is 6.54 Å². The molecular formula is C13H14ClN3O3. The minimum Gasteiger partial charge on any atom is -0.805 e. The molecule has 0 aliphatic heterocycles. The van der Waals surface area contributed by atoms with Gasteiger partial charge in [-0.25, -0.2) is 0 Å². The first-order valence-corrected chi connectivity index (χ1v) is 6.76. The van der Waals surface area contributed by atoms with Crippen LogP contribution in [0.5, 0.6) is 0 Å². The largest absolute Gasteiger partial charge is 0.805 e. The van der Waals surface area contributed by atoms with Crippen LogP contribution in [0.4, 0.5) is 0 Å². The van der Waals surface area contributed by atoms with Crippen molar-refractivity contribution < 1.29 is 9.22 Å². The predicted molar refractivity (Wildman–Crippen MR) is 76.3 cm³/mol. The van der Waals surface area contributed by atoms with Gasteiger partial charge in [0, 0.05) is 17.5 Å². The van der Waals surface area contributed by atoms with Crippen molar-refractivity contribution in [3.8, 4) is 0 Å². The zero-order valence-corrected chi connectivity index (χ0v) is 11.7. The number of amides is 1. The molecule has 1 aromatic carbocycles. The highest BCUT2D eigenvalue weighted by atomic mass is 35.5. The van der Waals surface area contributed by atoms with Gasteiger partial charge in [0.1, 0.15) is 11.2 Å². The lowest BCUT2D eigenvalue weighted by atomic mass is 10.2. The molecule has 1 aromatic heterocycles. The molecule has 20 heavy (non-hydrogen) atoms. The number of aromatic nitrogens is 2. The van der Waals surface area contributed by atoms with Gasteiger partial charge in [-0.3, -0.25) is 4.79 Å². The SMILES string of the molecule is CCCNC(=O)c1c(CCl)n([O-])c2ccccc2[n+]1=O. The molecule has 0 aliphatic rings. The van der Waals surface area contributed by atoms with E-state index in [-0.39, 0.29) is 28.3 Å². The molecule has 0 spiro atoms. The summed E-state index contributed by atoms with van der Waals surface area (Å²) in [5.41, 5.74) is 0.0272. The maximum atomic E-state index is 12.3. The van der Waals surface area contributed by atoms with Crippen molar-refractivity contribution in [3.63, 3.8) is 0 Å². The fourth-order valence-corrected chi connectivity index (χ4v) is 2.19. The van der Waals surface area contributed by atoms with Crippen molar-refractivity contribution in [2.24, 2.45) is 0 Å². The van der Waals surface area contributed by atoms with Gasteiger partial charge in [-0.1, -0.05) is 19.1 Å². The first kappa shape index (κ1) is 14.3. The third-order valence-electron chi connectivity index (χ3n) is 2.92. The molecule has 0 fully saturated rings. The second-order valence-corrected chi connectivity index (χ2v) is 4.53. The van der Waals surface area contributed by atoms with E-state index in [2.05, 4.69) is 5.32 Å². The fourth-order valence-electron chi connectivity index (χ4n) is 1.95. The Bertz CT molecular complexity index is 712. The topological polar surface area (TPSA) is 80.1 Å². The summed E-state index contributed by atoms with van der Waals surface area (Å²) in [6.07, 6.45) is 0.728. The zero-order valence-electron chi connectivity index (χ0n) is 10.9. The van der Waals surface area contributed by atoms with Crippen LogP contribution in [0.25, 0.3) is 11.0 Å². The summed E-state index contributed by atoms with van der Waals surface area (Å²) in [7, 11) is 0. The number of carbonyl (C=O) groups is 1. The Balaban J connectivity index is 2.73. The van der Waals surface area contributed by atoms with E-state index in [9.17, 15) is 14.9 Å². The number of hydrogen-bond donors (Lipinski definition) is 1. The molecule has 2 aromatic rings. The van der Waals surface area contributed by atoms with Crippen molar-refractivity contribution in [1.82, 2.24) is 10.0 Å². The minimum atomic E-state index is -0.590. The molecule has 7 heteroatoms. The van der Waals surface area contributed by atoms with E-state index in [0.717, 1.165) is 6.42 Å². The highest BCUT2D eigenvalue weighted by molar-refractivity contribution is 6.17. The molecule has 1 N–H and O–H groups in total. The smallest absolute Gasteiger partial charge is 0.347 e. The number of halogens is 1. The molecule has 106 valence electrons. The summed E-state index contributed by atoms with van der Waals surface area (Å²) >= 11 is 5.73. The van der Waals surface area contributed by atoms with Crippen molar-refractivity contribution in [1.29, 1.82) is 0 Å². The Hall–Kier alpha value is -2.08. The highest BCUT2D eigenvalue weighted by Crippen LogP contribution is 2.15. The summed E-state index contributed by atoms with van der Waals surface area (Å²) in [6, 6.07) is 6.28. The van der Waals surface area contributed by atoms with Gasteiger partial charge >= 0.3 is 11.6 Å². The van der Waals surface area contributed by atoms with Crippen LogP contribution in [0.2, 0.25) is 0 Å². The molecule has 2 rings (SSSR count). The van der Waals surface area contributed by atoms with Crippen LogP contribution in [-0.2, 0) is 5.88 Å². The zero-order chi connectivity index (χ0) is 14.7. The average Bonchev–Trinajstić information content (AvgIpc) is 2.48. The predicted octanol–water partition coefficient (Wildman–Crippen LogP) is 1.78. The third kappa shape index (κ3) is 2.34. The van der Waals surface area contributed by atoms with E-state index in [1.54, 1.807) is 12.1 Å². The number of nitrogens with zero attached hydrogens (tertiary/aromatic N) is 2.